The first-order valence-electron chi connectivity index (χ1n) is 6.76. The lowest BCUT2D eigenvalue weighted by Crippen LogP contribution is -2.26. The first-order chi connectivity index (χ1) is 9.60. The number of nitrogens with two attached hydrogens (primary N) is 1. The second-order valence-corrected chi connectivity index (χ2v) is 5.01. The Labute approximate surface area is 119 Å². The van der Waals surface area contributed by atoms with Crippen LogP contribution in [0.25, 0.3) is 0 Å². The molecule has 20 heavy (non-hydrogen) atoms. The Balaban J connectivity index is 2.06. The van der Waals surface area contributed by atoms with Gasteiger partial charge in [0.1, 0.15) is 0 Å². The summed E-state index contributed by atoms with van der Waals surface area (Å²) in [6.07, 6.45) is 0. The molecule has 0 aliphatic rings. The molecular formula is C17H20N2O. The second kappa shape index (κ2) is 6.35. The number of carbonyl (C=O) groups excluding carboxylic acids is 1. The van der Waals surface area contributed by atoms with Gasteiger partial charge in [0.2, 0.25) is 0 Å². The van der Waals surface area contributed by atoms with Gasteiger partial charge in [-0.2, -0.15) is 0 Å². The van der Waals surface area contributed by atoms with Crippen molar-refractivity contribution in [3.05, 3.63) is 70.8 Å². The molecule has 2 aromatic rings. The van der Waals surface area contributed by atoms with E-state index in [1.165, 1.54) is 0 Å². The summed E-state index contributed by atoms with van der Waals surface area (Å²) in [4.78, 5) is 12.2. The fourth-order valence-corrected chi connectivity index (χ4v) is 2.09. The molecule has 1 amide bonds. The van der Waals surface area contributed by atoms with E-state index in [0.717, 1.165) is 16.7 Å². The van der Waals surface area contributed by atoms with Gasteiger partial charge in [-0.3, -0.25) is 4.79 Å². The quantitative estimate of drug-likeness (QED) is 0.895. The van der Waals surface area contributed by atoms with Crippen LogP contribution in [0.2, 0.25) is 0 Å². The summed E-state index contributed by atoms with van der Waals surface area (Å²) in [6.45, 7) is 4.49. The van der Waals surface area contributed by atoms with Crippen LogP contribution in [0.1, 0.15) is 40.0 Å². The molecule has 0 aliphatic carbocycles. The van der Waals surface area contributed by atoms with E-state index < -0.39 is 0 Å². The molecule has 0 aliphatic heterocycles. The molecule has 2 aromatic carbocycles. The SMILES string of the molecule is Cc1cccc(C(=O)NC(C)c2ccc(CN)cc2)c1. The molecule has 0 aromatic heterocycles. The van der Waals surface area contributed by atoms with Crippen LogP contribution in [0.4, 0.5) is 0 Å². The molecule has 0 spiro atoms. The Kier molecular flexibility index (Phi) is 4.53. The Morgan fingerprint density at radius 2 is 1.90 bits per heavy atom. The van der Waals surface area contributed by atoms with Crippen molar-refractivity contribution >= 4 is 5.91 Å². The van der Waals surface area contributed by atoms with Crippen LogP contribution in [0.15, 0.2) is 48.5 Å². The van der Waals surface area contributed by atoms with Crippen LogP contribution in [0.3, 0.4) is 0 Å². The molecule has 3 nitrogen and oxygen atoms in total. The van der Waals surface area contributed by atoms with Crippen molar-refractivity contribution < 1.29 is 4.79 Å². The summed E-state index contributed by atoms with van der Waals surface area (Å²) in [7, 11) is 0. The van der Waals surface area contributed by atoms with Crippen LogP contribution < -0.4 is 11.1 Å². The molecule has 0 fully saturated rings. The van der Waals surface area contributed by atoms with Crippen molar-refractivity contribution in [2.24, 2.45) is 5.73 Å². The number of benzene rings is 2. The molecule has 0 radical (unpaired) electrons. The van der Waals surface area contributed by atoms with Crippen LogP contribution >= 0.6 is 0 Å². The average Bonchev–Trinajstić information content (AvgIpc) is 2.47. The van der Waals surface area contributed by atoms with E-state index in [1.807, 2.05) is 62.4 Å². The molecule has 0 saturated heterocycles. The fourth-order valence-electron chi connectivity index (χ4n) is 2.09. The van der Waals surface area contributed by atoms with Crippen molar-refractivity contribution in [1.29, 1.82) is 0 Å². The molecule has 0 heterocycles. The normalized spacial score (nSPS) is 11.9. The van der Waals surface area contributed by atoms with Gasteiger partial charge >= 0.3 is 0 Å². The van der Waals surface area contributed by atoms with Crippen LogP contribution in [-0.4, -0.2) is 5.91 Å². The molecule has 104 valence electrons. The highest BCUT2D eigenvalue weighted by atomic mass is 16.1. The maximum atomic E-state index is 12.2. The minimum Gasteiger partial charge on any atom is -0.346 e. The number of amides is 1. The van der Waals surface area contributed by atoms with E-state index in [4.69, 9.17) is 5.73 Å². The molecule has 2 rings (SSSR count). The van der Waals surface area contributed by atoms with Gasteiger partial charge in [-0.15, -0.1) is 0 Å². The van der Waals surface area contributed by atoms with Gasteiger partial charge in [0, 0.05) is 12.1 Å². The first-order valence-corrected chi connectivity index (χ1v) is 6.76. The van der Waals surface area contributed by atoms with Crippen molar-refractivity contribution in [2.75, 3.05) is 0 Å². The van der Waals surface area contributed by atoms with E-state index in [0.29, 0.717) is 12.1 Å². The van der Waals surface area contributed by atoms with Crippen LogP contribution in [-0.2, 0) is 6.54 Å². The third-order valence-electron chi connectivity index (χ3n) is 3.34. The second-order valence-electron chi connectivity index (χ2n) is 5.01. The molecule has 0 saturated carbocycles. The number of nitrogens with one attached hydrogen (secondary N) is 1. The van der Waals surface area contributed by atoms with E-state index in [-0.39, 0.29) is 11.9 Å². The van der Waals surface area contributed by atoms with Gasteiger partial charge < -0.3 is 11.1 Å². The monoisotopic (exact) mass is 268 g/mol. The van der Waals surface area contributed by atoms with E-state index in [1.54, 1.807) is 0 Å². The van der Waals surface area contributed by atoms with Gasteiger partial charge in [0.05, 0.1) is 6.04 Å². The molecule has 1 atom stereocenters. The van der Waals surface area contributed by atoms with Gasteiger partial charge in [0.25, 0.3) is 5.91 Å². The summed E-state index contributed by atoms with van der Waals surface area (Å²) in [5, 5.41) is 3.01. The summed E-state index contributed by atoms with van der Waals surface area (Å²) >= 11 is 0. The van der Waals surface area contributed by atoms with Crippen molar-refractivity contribution in [2.45, 2.75) is 26.4 Å². The van der Waals surface area contributed by atoms with Gasteiger partial charge in [-0.05, 0) is 37.1 Å². The van der Waals surface area contributed by atoms with E-state index in [2.05, 4.69) is 5.32 Å². The number of rotatable bonds is 4. The Hall–Kier alpha value is -2.13. The van der Waals surface area contributed by atoms with Crippen LogP contribution in [0, 0.1) is 6.92 Å². The first kappa shape index (κ1) is 14.3. The minimum absolute atomic E-state index is 0.0326. The van der Waals surface area contributed by atoms with E-state index in [9.17, 15) is 4.79 Å². The highest BCUT2D eigenvalue weighted by Gasteiger charge is 2.11. The fraction of sp³-hybridized carbons (Fsp3) is 0.235. The summed E-state index contributed by atoms with van der Waals surface area (Å²) in [6, 6.07) is 15.5. The molecular weight excluding hydrogens is 248 g/mol. The van der Waals surface area contributed by atoms with Gasteiger partial charge in [0.15, 0.2) is 0 Å². The van der Waals surface area contributed by atoms with Crippen molar-refractivity contribution in [1.82, 2.24) is 5.32 Å². The van der Waals surface area contributed by atoms with Crippen molar-refractivity contribution in [3.63, 3.8) is 0 Å². The lowest BCUT2D eigenvalue weighted by atomic mass is 10.1. The number of aryl methyl sites for hydroxylation is 1. The predicted octanol–water partition coefficient (Wildman–Crippen LogP) is 2.94. The standard InChI is InChI=1S/C17H20N2O/c1-12-4-3-5-16(10-12)17(20)19-13(2)15-8-6-14(11-18)7-9-15/h3-10,13H,11,18H2,1-2H3,(H,19,20). The summed E-state index contributed by atoms with van der Waals surface area (Å²) in [5.74, 6) is -0.0518. The third-order valence-corrected chi connectivity index (χ3v) is 3.34. The molecule has 1 unspecified atom stereocenters. The molecule has 3 N–H and O–H groups in total. The zero-order chi connectivity index (χ0) is 14.5. The van der Waals surface area contributed by atoms with Crippen molar-refractivity contribution in [3.8, 4) is 0 Å². The Morgan fingerprint density at radius 1 is 1.20 bits per heavy atom. The highest BCUT2D eigenvalue weighted by molar-refractivity contribution is 5.94. The van der Waals surface area contributed by atoms with E-state index >= 15 is 0 Å². The maximum Gasteiger partial charge on any atom is 0.251 e. The van der Waals surface area contributed by atoms with Gasteiger partial charge in [-0.1, -0.05) is 42.0 Å². The molecule has 0 bridgehead atoms. The lowest BCUT2D eigenvalue weighted by molar-refractivity contribution is 0.0940. The summed E-state index contributed by atoms with van der Waals surface area (Å²) < 4.78 is 0. The average molecular weight is 268 g/mol. The Bertz CT molecular complexity index is 590. The number of hydrogen-bond acceptors (Lipinski definition) is 2. The minimum atomic E-state index is -0.0518. The zero-order valence-electron chi connectivity index (χ0n) is 11.9. The van der Waals surface area contributed by atoms with Crippen LogP contribution in [0.5, 0.6) is 0 Å². The molecule has 3 heteroatoms. The largest absolute Gasteiger partial charge is 0.346 e. The smallest absolute Gasteiger partial charge is 0.251 e. The van der Waals surface area contributed by atoms with Gasteiger partial charge in [-0.25, -0.2) is 0 Å². The number of carbonyl (C=O) groups is 1. The highest BCUT2D eigenvalue weighted by Crippen LogP contribution is 2.14. The predicted molar refractivity (Wildman–Crippen MR) is 81.4 cm³/mol. The third kappa shape index (κ3) is 3.45. The number of hydrogen-bond donors (Lipinski definition) is 2. The lowest BCUT2D eigenvalue weighted by Gasteiger charge is -2.15. The Morgan fingerprint density at radius 3 is 2.50 bits per heavy atom. The summed E-state index contributed by atoms with van der Waals surface area (Å²) in [5.41, 5.74) is 9.51. The topological polar surface area (TPSA) is 55.1 Å². The zero-order valence-corrected chi connectivity index (χ0v) is 11.9. The maximum absolute atomic E-state index is 12.2.